The first-order chi connectivity index (χ1) is 12.7. The molecular formula is C22H29NO2S. The number of methoxy groups -OCH3 is 1. The van der Waals surface area contributed by atoms with Gasteiger partial charge in [-0.05, 0) is 79.4 Å². The molecule has 0 aromatic heterocycles. The molecule has 0 saturated carbocycles. The third kappa shape index (κ3) is 5.03. The van der Waals surface area contributed by atoms with Crippen molar-refractivity contribution >= 4 is 11.8 Å². The monoisotopic (exact) mass is 370 g/mol. The average Bonchev–Trinajstić information content (AvgIpc) is 2.84. The smallest absolute Gasteiger partial charge is 0.119 e. The van der Waals surface area contributed by atoms with Crippen molar-refractivity contribution in [2.45, 2.75) is 36.7 Å². The van der Waals surface area contributed by atoms with E-state index in [1.165, 1.54) is 22.4 Å². The number of hydrogen-bond donors (Lipinski definition) is 1. The lowest BCUT2D eigenvalue weighted by atomic mass is 10.0. The van der Waals surface area contributed by atoms with E-state index in [1.807, 2.05) is 12.1 Å². The number of fused-ring (bicyclic) bond motifs is 1. The molecule has 1 aliphatic heterocycles. The van der Waals surface area contributed by atoms with E-state index in [-0.39, 0.29) is 0 Å². The number of unbranched alkanes of at least 4 members (excludes halogenated alkanes) is 1. The molecule has 2 aromatic rings. The Balaban J connectivity index is 1.47. The topological polar surface area (TPSA) is 32.7 Å². The van der Waals surface area contributed by atoms with Crippen LogP contribution in [0.15, 0.2) is 47.4 Å². The van der Waals surface area contributed by atoms with Crippen molar-refractivity contribution in [2.24, 2.45) is 0 Å². The van der Waals surface area contributed by atoms with Crippen LogP contribution in [0.5, 0.6) is 5.75 Å². The van der Waals surface area contributed by atoms with E-state index in [1.54, 1.807) is 18.9 Å². The molecule has 140 valence electrons. The Morgan fingerprint density at radius 3 is 2.69 bits per heavy atom. The minimum atomic E-state index is -0.405. The van der Waals surface area contributed by atoms with Gasteiger partial charge in [-0.1, -0.05) is 18.2 Å². The highest BCUT2D eigenvalue weighted by Crippen LogP contribution is 2.27. The molecule has 3 rings (SSSR count). The Kier molecular flexibility index (Phi) is 7.00. The number of rotatable bonds is 7. The Bertz CT molecular complexity index is 702. The minimum absolute atomic E-state index is 0.405. The normalized spacial score (nSPS) is 17.6. The first-order valence-electron chi connectivity index (χ1n) is 9.40. The van der Waals surface area contributed by atoms with E-state index in [2.05, 4.69) is 41.5 Å². The number of hydrogen-bond acceptors (Lipinski definition) is 4. The Morgan fingerprint density at radius 2 is 1.96 bits per heavy atom. The lowest BCUT2D eigenvalue weighted by molar-refractivity contribution is 0.119. The maximum Gasteiger partial charge on any atom is 0.119 e. The largest absolute Gasteiger partial charge is 0.497 e. The fourth-order valence-corrected chi connectivity index (χ4v) is 4.03. The van der Waals surface area contributed by atoms with Gasteiger partial charge in [0.2, 0.25) is 0 Å². The SMILES string of the molecule is COc1ccc2c(c1)CCN(CCCCc1ccc(S[11CH3])cc1)CC2O. The number of aryl methyl sites for hydroxylation is 1. The predicted molar refractivity (Wildman–Crippen MR) is 109 cm³/mol. The molecule has 1 heterocycles. The van der Waals surface area contributed by atoms with Crippen molar-refractivity contribution in [2.75, 3.05) is 33.0 Å². The third-order valence-corrected chi connectivity index (χ3v) is 5.93. The zero-order chi connectivity index (χ0) is 18.4. The molecule has 0 radical (unpaired) electrons. The van der Waals surface area contributed by atoms with Crippen molar-refractivity contribution in [1.82, 2.24) is 4.90 Å². The van der Waals surface area contributed by atoms with E-state index in [0.717, 1.165) is 50.2 Å². The second kappa shape index (κ2) is 9.45. The first-order valence-corrected chi connectivity index (χ1v) is 10.6. The molecule has 1 N–H and O–H groups in total. The number of β-amino-alcohol motifs (C(OH)–C–C–N with tert-alkyl or cyclic N) is 1. The van der Waals surface area contributed by atoms with Gasteiger partial charge in [0, 0.05) is 18.0 Å². The van der Waals surface area contributed by atoms with E-state index in [9.17, 15) is 5.11 Å². The molecule has 0 spiro atoms. The van der Waals surface area contributed by atoms with Gasteiger partial charge in [0.05, 0.1) is 13.2 Å². The second-order valence-corrected chi connectivity index (χ2v) is 7.82. The van der Waals surface area contributed by atoms with Gasteiger partial charge in [-0.2, -0.15) is 0 Å². The fourth-order valence-electron chi connectivity index (χ4n) is 3.62. The van der Waals surface area contributed by atoms with Gasteiger partial charge in [-0.25, -0.2) is 0 Å². The Morgan fingerprint density at radius 1 is 1.15 bits per heavy atom. The number of nitrogens with zero attached hydrogens (tertiary/aromatic N) is 1. The van der Waals surface area contributed by atoms with E-state index < -0.39 is 6.10 Å². The summed E-state index contributed by atoms with van der Waals surface area (Å²) in [5, 5.41) is 10.6. The molecule has 1 atom stereocenters. The second-order valence-electron chi connectivity index (χ2n) is 6.94. The van der Waals surface area contributed by atoms with Crippen LogP contribution in [0.4, 0.5) is 0 Å². The van der Waals surface area contributed by atoms with Crippen LogP contribution in [0.25, 0.3) is 0 Å². The quantitative estimate of drug-likeness (QED) is 0.581. The van der Waals surface area contributed by atoms with Gasteiger partial charge in [-0.15, -0.1) is 11.8 Å². The molecule has 26 heavy (non-hydrogen) atoms. The number of aliphatic hydroxyl groups is 1. The van der Waals surface area contributed by atoms with Crippen LogP contribution in [-0.2, 0) is 12.8 Å². The molecule has 0 fully saturated rings. The highest BCUT2D eigenvalue weighted by atomic mass is 32.2. The van der Waals surface area contributed by atoms with Gasteiger partial charge < -0.3 is 14.7 Å². The number of ether oxygens (including phenoxy) is 1. The van der Waals surface area contributed by atoms with Crippen LogP contribution in [-0.4, -0.2) is 43.0 Å². The lowest BCUT2D eigenvalue weighted by Gasteiger charge is -2.22. The molecule has 1 aliphatic rings. The van der Waals surface area contributed by atoms with Crippen molar-refractivity contribution in [3.05, 3.63) is 59.2 Å². The predicted octanol–water partition coefficient (Wildman–Crippen LogP) is 4.33. The van der Waals surface area contributed by atoms with E-state index in [0.29, 0.717) is 0 Å². The zero-order valence-corrected chi connectivity index (χ0v) is 16.6. The standard InChI is InChI=1S/C22H29NO2S/c1-25-19-8-11-21-18(15-19)12-14-23(16-22(21)24)13-4-3-5-17-6-9-20(26-2)10-7-17/h6-11,15,22,24H,3-5,12-14,16H2,1-2H3/i2-1. The Labute approximate surface area is 161 Å². The molecule has 0 aliphatic carbocycles. The average molecular weight is 371 g/mol. The Hall–Kier alpha value is -1.49. The van der Waals surface area contributed by atoms with Gasteiger partial charge in [0.1, 0.15) is 5.75 Å². The summed E-state index contributed by atoms with van der Waals surface area (Å²) in [5.41, 5.74) is 3.69. The summed E-state index contributed by atoms with van der Waals surface area (Å²) in [7, 11) is 1.69. The highest BCUT2D eigenvalue weighted by Gasteiger charge is 2.21. The molecular weight excluding hydrogens is 341 g/mol. The maximum absolute atomic E-state index is 10.6. The van der Waals surface area contributed by atoms with Crippen molar-refractivity contribution in [3.8, 4) is 5.75 Å². The van der Waals surface area contributed by atoms with Crippen LogP contribution in [0.3, 0.4) is 0 Å². The summed E-state index contributed by atoms with van der Waals surface area (Å²) in [5.74, 6) is 0.872. The number of aliphatic hydroxyl groups excluding tert-OH is 1. The molecule has 0 saturated heterocycles. The van der Waals surface area contributed by atoms with Crippen LogP contribution in [0.2, 0.25) is 0 Å². The van der Waals surface area contributed by atoms with Gasteiger partial charge >= 0.3 is 0 Å². The minimum Gasteiger partial charge on any atom is -0.497 e. The van der Waals surface area contributed by atoms with Gasteiger partial charge in [-0.3, -0.25) is 0 Å². The van der Waals surface area contributed by atoms with Crippen molar-refractivity contribution < 1.29 is 9.84 Å². The number of benzene rings is 2. The molecule has 1 unspecified atom stereocenters. The summed E-state index contributed by atoms with van der Waals surface area (Å²) in [6.45, 7) is 2.77. The maximum atomic E-state index is 10.6. The molecule has 3 nitrogen and oxygen atoms in total. The summed E-state index contributed by atoms with van der Waals surface area (Å²) in [6, 6.07) is 14.9. The van der Waals surface area contributed by atoms with E-state index in [4.69, 9.17) is 4.74 Å². The van der Waals surface area contributed by atoms with Crippen molar-refractivity contribution in [3.63, 3.8) is 0 Å². The number of thioether (sulfide) groups is 1. The van der Waals surface area contributed by atoms with E-state index >= 15 is 0 Å². The summed E-state index contributed by atoms with van der Waals surface area (Å²) < 4.78 is 5.32. The van der Waals surface area contributed by atoms with Crippen LogP contribution in [0, 0.1) is 0 Å². The third-order valence-electron chi connectivity index (χ3n) is 5.19. The molecule has 2 aromatic carbocycles. The fraction of sp³-hybridized carbons (Fsp3) is 0.455. The van der Waals surface area contributed by atoms with Crippen LogP contribution in [0.1, 0.15) is 35.6 Å². The lowest BCUT2D eigenvalue weighted by Crippen LogP contribution is -2.29. The summed E-state index contributed by atoms with van der Waals surface area (Å²) >= 11 is 1.79. The summed E-state index contributed by atoms with van der Waals surface area (Å²) in [4.78, 5) is 3.72. The zero-order valence-electron chi connectivity index (χ0n) is 15.8. The molecule has 0 amide bonds. The summed E-state index contributed by atoms with van der Waals surface area (Å²) in [6.07, 6.45) is 6.15. The van der Waals surface area contributed by atoms with Gasteiger partial charge in [0.15, 0.2) is 0 Å². The molecule has 0 bridgehead atoms. The van der Waals surface area contributed by atoms with Crippen LogP contribution >= 0.6 is 11.8 Å². The van der Waals surface area contributed by atoms with Gasteiger partial charge in [0.25, 0.3) is 0 Å². The first kappa shape index (κ1) is 19.3. The van der Waals surface area contributed by atoms with Crippen molar-refractivity contribution in [1.29, 1.82) is 0 Å². The highest BCUT2D eigenvalue weighted by molar-refractivity contribution is 7.98. The molecule has 4 heteroatoms. The van der Waals surface area contributed by atoms with Crippen LogP contribution < -0.4 is 4.74 Å².